The summed E-state index contributed by atoms with van der Waals surface area (Å²) in [7, 11) is 3.75. The summed E-state index contributed by atoms with van der Waals surface area (Å²) in [6.07, 6.45) is -0.595. The molecule has 0 aliphatic carbocycles. The number of aryl methyl sites for hydroxylation is 1. The summed E-state index contributed by atoms with van der Waals surface area (Å²) in [4.78, 5) is 26.1. The van der Waals surface area contributed by atoms with Crippen LogP contribution in [0.15, 0.2) is 48.7 Å². The molecule has 1 unspecified atom stereocenters. The Balaban J connectivity index is 1.12. The third-order valence-corrected chi connectivity index (χ3v) is 8.29. The Hall–Kier alpha value is -4.27. The van der Waals surface area contributed by atoms with Gasteiger partial charge in [0.05, 0.1) is 16.8 Å². The lowest BCUT2D eigenvalue weighted by Crippen LogP contribution is -2.44. The minimum absolute atomic E-state index is 0.0428. The van der Waals surface area contributed by atoms with Crippen molar-refractivity contribution < 1.29 is 18.0 Å². The summed E-state index contributed by atoms with van der Waals surface area (Å²) in [6, 6.07) is 11.0. The second-order valence-corrected chi connectivity index (χ2v) is 11.7. The number of benzene rings is 2. The highest BCUT2D eigenvalue weighted by atomic mass is 19.4. The first-order chi connectivity index (χ1) is 21.6. The third-order valence-electron chi connectivity index (χ3n) is 8.29. The van der Waals surface area contributed by atoms with Gasteiger partial charge in [-0.3, -0.25) is 14.9 Å². The number of rotatable bonds is 7. The van der Waals surface area contributed by atoms with Crippen LogP contribution in [-0.2, 0) is 19.8 Å². The molecule has 0 radical (unpaired) electrons. The van der Waals surface area contributed by atoms with Crippen molar-refractivity contribution in [3.63, 3.8) is 0 Å². The van der Waals surface area contributed by atoms with Crippen LogP contribution in [0.25, 0.3) is 22.2 Å². The van der Waals surface area contributed by atoms with Gasteiger partial charge in [-0.05, 0) is 56.3 Å². The molecule has 0 spiro atoms. The van der Waals surface area contributed by atoms with E-state index in [-0.39, 0.29) is 23.6 Å². The smallest absolute Gasteiger partial charge is 0.350 e. The quantitative estimate of drug-likeness (QED) is 0.237. The Kier molecular flexibility index (Phi) is 8.88. The van der Waals surface area contributed by atoms with Crippen LogP contribution < -0.4 is 21.3 Å². The molecule has 4 aromatic rings. The second-order valence-electron chi connectivity index (χ2n) is 11.7. The molecular formula is C31H37F3N10O. The molecular weight excluding hydrogens is 585 g/mol. The molecule has 14 heteroatoms. The summed E-state index contributed by atoms with van der Waals surface area (Å²) < 4.78 is 43.5. The normalized spacial score (nSPS) is 18.2. The Labute approximate surface area is 259 Å². The number of aromatic nitrogens is 4. The van der Waals surface area contributed by atoms with Crippen LogP contribution in [0.5, 0.6) is 0 Å². The lowest BCUT2D eigenvalue weighted by atomic mass is 10.0. The van der Waals surface area contributed by atoms with E-state index in [0.29, 0.717) is 25.1 Å². The minimum atomic E-state index is -4.55. The molecule has 2 saturated heterocycles. The van der Waals surface area contributed by atoms with Gasteiger partial charge in [0.1, 0.15) is 0 Å². The number of piperidine rings is 1. The fourth-order valence-corrected chi connectivity index (χ4v) is 5.80. The van der Waals surface area contributed by atoms with Gasteiger partial charge in [0.2, 0.25) is 5.95 Å². The van der Waals surface area contributed by atoms with Crippen LogP contribution >= 0.6 is 0 Å². The highest BCUT2D eigenvalue weighted by Crippen LogP contribution is 2.35. The van der Waals surface area contributed by atoms with Crippen molar-refractivity contribution in [3.8, 4) is 11.3 Å². The molecule has 2 aliphatic heterocycles. The predicted molar refractivity (Wildman–Crippen MR) is 168 cm³/mol. The lowest BCUT2D eigenvalue weighted by molar-refractivity contribution is -0.138. The van der Waals surface area contributed by atoms with E-state index in [1.807, 2.05) is 30.1 Å². The van der Waals surface area contributed by atoms with Gasteiger partial charge in [0.25, 0.3) is 0 Å². The summed E-state index contributed by atoms with van der Waals surface area (Å²) in [5, 5.41) is 17.1. The molecule has 45 heavy (non-hydrogen) atoms. The number of anilines is 3. The van der Waals surface area contributed by atoms with E-state index in [9.17, 15) is 18.0 Å². The maximum absolute atomic E-state index is 14.0. The van der Waals surface area contributed by atoms with Gasteiger partial charge >= 0.3 is 12.2 Å². The highest BCUT2D eigenvalue weighted by Gasteiger charge is 2.34. The van der Waals surface area contributed by atoms with Crippen LogP contribution in [0.1, 0.15) is 24.0 Å². The van der Waals surface area contributed by atoms with Crippen molar-refractivity contribution >= 4 is 34.4 Å². The van der Waals surface area contributed by atoms with Gasteiger partial charge in [0, 0.05) is 81.3 Å². The number of alkyl halides is 3. The maximum atomic E-state index is 14.0. The molecule has 6 rings (SSSR count). The Morgan fingerprint density at radius 2 is 1.87 bits per heavy atom. The number of nitrogens with one attached hydrogen (secondary N) is 4. The fourth-order valence-electron chi connectivity index (χ4n) is 5.80. The van der Waals surface area contributed by atoms with Gasteiger partial charge in [-0.15, -0.1) is 0 Å². The van der Waals surface area contributed by atoms with Gasteiger partial charge in [-0.25, -0.2) is 14.8 Å². The Morgan fingerprint density at radius 3 is 2.62 bits per heavy atom. The first kappa shape index (κ1) is 30.7. The highest BCUT2D eigenvalue weighted by molar-refractivity contribution is 5.99. The number of hydrogen-bond acceptors (Lipinski definition) is 8. The molecule has 2 aliphatic rings. The predicted octanol–water partition coefficient (Wildman–Crippen LogP) is 4.60. The lowest BCUT2D eigenvalue weighted by Gasteiger charge is -2.33. The van der Waals surface area contributed by atoms with Crippen molar-refractivity contribution in [2.45, 2.75) is 31.6 Å². The molecule has 0 bridgehead atoms. The Bertz CT molecular complexity index is 1660. The summed E-state index contributed by atoms with van der Waals surface area (Å²) in [5.41, 5.74) is 1.84. The zero-order chi connectivity index (χ0) is 31.6. The van der Waals surface area contributed by atoms with E-state index in [4.69, 9.17) is 0 Å². The van der Waals surface area contributed by atoms with Crippen LogP contribution in [0.2, 0.25) is 0 Å². The largest absolute Gasteiger partial charge is 0.416 e. The summed E-state index contributed by atoms with van der Waals surface area (Å²) in [6.45, 7) is 5.13. The summed E-state index contributed by atoms with van der Waals surface area (Å²) in [5.74, 6) is 0.846. The third kappa shape index (κ3) is 7.52. The van der Waals surface area contributed by atoms with Gasteiger partial charge in [0.15, 0.2) is 5.82 Å². The number of amides is 2. The van der Waals surface area contributed by atoms with Crippen molar-refractivity contribution in [2.24, 2.45) is 7.05 Å². The SMILES string of the molecule is CN1CCN(Cc2ccc(NC(=O)Nc3cc(-c4ccc5nc(NC6CCCNC6)ncc5c4)n(C)n3)cc2C(F)(F)F)CC1. The average Bonchev–Trinajstić information content (AvgIpc) is 3.38. The standard InChI is InChI=1S/C31H37F3N10O/c1-42-10-12-44(13-11-42)19-21-5-7-23(15-25(21)31(32,33)34)38-30(45)40-28-16-27(43(2)41-28)20-6-8-26-22(14-20)17-36-29(39-26)37-24-4-3-9-35-18-24/h5-8,14-17,24,35H,3-4,9-13,18-19H2,1-2H3,(H,36,37,39)(H2,38,40,41,45). The van der Waals surface area contributed by atoms with Crippen molar-refractivity contribution in [1.82, 2.24) is 34.9 Å². The number of piperazine rings is 1. The topological polar surface area (TPSA) is 115 Å². The number of nitrogens with zero attached hydrogens (tertiary/aromatic N) is 6. The molecule has 2 amide bonds. The number of urea groups is 1. The van der Waals surface area contributed by atoms with Crippen LogP contribution in [0.4, 0.5) is 35.4 Å². The first-order valence-electron chi connectivity index (χ1n) is 15.1. The molecule has 238 valence electrons. The van der Waals surface area contributed by atoms with Crippen LogP contribution in [0, 0.1) is 0 Å². The Morgan fingerprint density at radius 1 is 1.04 bits per heavy atom. The van der Waals surface area contributed by atoms with E-state index in [0.717, 1.165) is 67.2 Å². The molecule has 1 atom stereocenters. The molecule has 4 heterocycles. The monoisotopic (exact) mass is 622 g/mol. The van der Waals surface area contributed by atoms with Crippen LogP contribution in [0.3, 0.4) is 0 Å². The average molecular weight is 623 g/mol. The minimum Gasteiger partial charge on any atom is -0.350 e. The first-order valence-corrected chi connectivity index (χ1v) is 15.1. The number of carbonyl (C=O) groups excluding carboxylic acids is 1. The number of halogens is 3. The fraction of sp³-hybridized carbons (Fsp3) is 0.419. The number of hydrogen-bond donors (Lipinski definition) is 4. The number of carbonyl (C=O) groups is 1. The van der Waals surface area contributed by atoms with Crippen LogP contribution in [-0.4, -0.2) is 87.9 Å². The molecule has 2 aromatic carbocycles. The van der Waals surface area contributed by atoms with Crippen molar-refractivity contribution in [3.05, 3.63) is 59.8 Å². The van der Waals surface area contributed by atoms with Gasteiger partial charge in [-0.2, -0.15) is 18.3 Å². The molecule has 2 fully saturated rings. The van der Waals surface area contributed by atoms with Gasteiger partial charge in [-0.1, -0.05) is 12.1 Å². The van der Waals surface area contributed by atoms with E-state index in [1.165, 1.54) is 12.1 Å². The maximum Gasteiger partial charge on any atom is 0.416 e. The number of fused-ring (bicyclic) bond motifs is 1. The second kappa shape index (κ2) is 13.0. The zero-order valence-corrected chi connectivity index (χ0v) is 25.3. The number of likely N-dealkylation sites (N-methyl/N-ethyl adjacent to an activating group) is 1. The van der Waals surface area contributed by atoms with E-state index in [1.54, 1.807) is 24.0 Å². The van der Waals surface area contributed by atoms with E-state index in [2.05, 4.69) is 41.2 Å². The molecule has 2 aromatic heterocycles. The molecule has 11 nitrogen and oxygen atoms in total. The van der Waals surface area contributed by atoms with Crippen molar-refractivity contribution in [1.29, 1.82) is 0 Å². The van der Waals surface area contributed by atoms with E-state index >= 15 is 0 Å². The summed E-state index contributed by atoms with van der Waals surface area (Å²) >= 11 is 0. The van der Waals surface area contributed by atoms with Gasteiger partial charge < -0.3 is 20.9 Å². The molecule has 4 N–H and O–H groups in total. The zero-order valence-electron chi connectivity index (χ0n) is 25.3. The molecule has 0 saturated carbocycles. The van der Waals surface area contributed by atoms with Crippen molar-refractivity contribution in [2.75, 3.05) is 62.3 Å². The van der Waals surface area contributed by atoms with E-state index < -0.39 is 17.8 Å².